The van der Waals surface area contributed by atoms with Crippen molar-refractivity contribution >= 4 is 46.7 Å². The zero-order valence-corrected chi connectivity index (χ0v) is 25.4. The van der Waals surface area contributed by atoms with Crippen LogP contribution in [0.3, 0.4) is 0 Å². The second-order valence-corrected chi connectivity index (χ2v) is 12.5. The molecule has 2 aliphatic rings. The van der Waals surface area contributed by atoms with Crippen molar-refractivity contribution in [2.45, 2.75) is 57.1 Å². The summed E-state index contributed by atoms with van der Waals surface area (Å²) in [6, 6.07) is 16.6. The van der Waals surface area contributed by atoms with E-state index in [0.717, 1.165) is 16.7 Å². The third-order valence-corrected chi connectivity index (χ3v) is 8.09. The molecular formula is C32H33Cl2FN4O3. The number of hydrogen-bond donors (Lipinski definition) is 3. The number of aliphatic imine (C=N–C) groups is 1. The van der Waals surface area contributed by atoms with Crippen LogP contribution in [0.4, 0.5) is 14.9 Å². The first-order valence-electron chi connectivity index (χ1n) is 13.8. The van der Waals surface area contributed by atoms with Crippen molar-refractivity contribution in [3.8, 4) is 0 Å². The Morgan fingerprint density at radius 3 is 2.60 bits per heavy atom. The average Bonchev–Trinajstić information content (AvgIpc) is 3.18. The van der Waals surface area contributed by atoms with Crippen molar-refractivity contribution in [3.05, 3.63) is 98.8 Å². The number of nitrogens with zero attached hydrogens (tertiary/aromatic N) is 1. The van der Waals surface area contributed by atoms with Gasteiger partial charge in [0.25, 0.3) is 0 Å². The highest BCUT2D eigenvalue weighted by Gasteiger charge is 2.60. The predicted octanol–water partition coefficient (Wildman–Crippen LogP) is 7.07. The molecular weight excluding hydrogens is 578 g/mol. The van der Waals surface area contributed by atoms with E-state index in [9.17, 15) is 14.0 Å². The lowest BCUT2D eigenvalue weighted by molar-refractivity contribution is -0.122. The minimum absolute atomic E-state index is 0.243. The topological polar surface area (TPSA) is 91.8 Å². The maximum Gasteiger partial charge on any atom is 0.407 e. The SMILES string of the molecule is Cc1ccc(F)cc1[C@@H]1N=C(NCCNC(=O)OC(C)(C)C)C[C@H](c2cccc(Cl)c2)[C@@]12C(=O)Nc1cc(Cl)ccc12. The van der Waals surface area contributed by atoms with Gasteiger partial charge in [-0.05, 0) is 86.3 Å². The number of nitrogens with one attached hydrogen (secondary N) is 3. The quantitative estimate of drug-likeness (QED) is 0.269. The summed E-state index contributed by atoms with van der Waals surface area (Å²) in [5, 5.41) is 10.2. The number of carbonyl (C=O) groups excluding carboxylic acids is 2. The highest BCUT2D eigenvalue weighted by Crippen LogP contribution is 2.59. The van der Waals surface area contributed by atoms with Crippen LogP contribution in [0.25, 0.3) is 0 Å². The molecule has 1 spiro atoms. The van der Waals surface area contributed by atoms with Gasteiger partial charge in [0.1, 0.15) is 16.8 Å². The lowest BCUT2D eigenvalue weighted by atomic mass is 9.59. The summed E-state index contributed by atoms with van der Waals surface area (Å²) in [7, 11) is 0. The van der Waals surface area contributed by atoms with Crippen LogP contribution in [0.5, 0.6) is 0 Å². The molecule has 0 unspecified atom stereocenters. The molecule has 0 bridgehead atoms. The van der Waals surface area contributed by atoms with Gasteiger partial charge in [-0.15, -0.1) is 0 Å². The monoisotopic (exact) mass is 610 g/mol. The van der Waals surface area contributed by atoms with Crippen LogP contribution in [-0.2, 0) is 14.9 Å². The van der Waals surface area contributed by atoms with Crippen molar-refractivity contribution in [1.29, 1.82) is 0 Å². The summed E-state index contributed by atoms with van der Waals surface area (Å²) in [6.07, 6.45) is -0.149. The molecule has 5 rings (SSSR count). The normalized spacial score (nSPS) is 21.4. The number of benzene rings is 3. The molecule has 3 aromatic rings. The minimum atomic E-state index is -1.22. The van der Waals surface area contributed by atoms with Crippen molar-refractivity contribution in [2.24, 2.45) is 4.99 Å². The number of anilines is 1. The largest absolute Gasteiger partial charge is 0.444 e. The lowest BCUT2D eigenvalue weighted by Crippen LogP contribution is -2.51. The maximum absolute atomic E-state index is 14.8. The second-order valence-electron chi connectivity index (χ2n) is 11.7. The zero-order chi connectivity index (χ0) is 30.2. The number of aryl methyl sites for hydroxylation is 1. The molecule has 10 heteroatoms. The first-order valence-corrected chi connectivity index (χ1v) is 14.5. The Balaban J connectivity index is 1.61. The molecule has 0 fully saturated rings. The van der Waals surface area contributed by atoms with Crippen LogP contribution in [-0.4, -0.2) is 36.5 Å². The molecule has 0 saturated carbocycles. The Morgan fingerprint density at radius 2 is 1.86 bits per heavy atom. The molecule has 2 amide bonds. The standard InChI is InChI=1S/C32H33Cl2FN4O3/c1-18-8-10-22(35)16-23(18)28-32(24-11-9-21(34)15-26(24)38-29(32)40)25(19-6-5-7-20(33)14-19)17-27(39-28)36-12-13-37-30(41)42-31(2,3)4/h5-11,14-16,25,28H,12-13,17H2,1-4H3,(H,36,39)(H,37,41)(H,38,40)/t25-,28+,32-/m1/s1. The highest BCUT2D eigenvalue weighted by molar-refractivity contribution is 6.31. The highest BCUT2D eigenvalue weighted by atomic mass is 35.5. The molecule has 220 valence electrons. The Morgan fingerprint density at radius 1 is 1.10 bits per heavy atom. The van der Waals surface area contributed by atoms with E-state index in [0.29, 0.717) is 40.1 Å². The molecule has 42 heavy (non-hydrogen) atoms. The summed E-state index contributed by atoms with van der Waals surface area (Å²) in [4.78, 5) is 31.5. The van der Waals surface area contributed by atoms with Crippen LogP contribution >= 0.6 is 23.2 Å². The van der Waals surface area contributed by atoms with Gasteiger partial charge in [-0.3, -0.25) is 9.79 Å². The number of amidine groups is 1. The molecule has 0 saturated heterocycles. The van der Waals surface area contributed by atoms with Gasteiger partial charge in [0.2, 0.25) is 5.91 Å². The Labute approximate surface area is 254 Å². The van der Waals surface area contributed by atoms with Crippen LogP contribution in [0.15, 0.2) is 65.7 Å². The van der Waals surface area contributed by atoms with E-state index in [4.69, 9.17) is 32.9 Å². The van der Waals surface area contributed by atoms with Crippen LogP contribution in [0, 0.1) is 12.7 Å². The van der Waals surface area contributed by atoms with Gasteiger partial charge in [-0.1, -0.05) is 47.5 Å². The molecule has 3 aromatic carbocycles. The van der Waals surface area contributed by atoms with Gasteiger partial charge in [-0.2, -0.15) is 0 Å². The minimum Gasteiger partial charge on any atom is -0.444 e. The van der Waals surface area contributed by atoms with Gasteiger partial charge in [0.15, 0.2) is 0 Å². The first kappa shape index (κ1) is 29.9. The third-order valence-electron chi connectivity index (χ3n) is 7.62. The van der Waals surface area contributed by atoms with E-state index in [1.54, 1.807) is 45.0 Å². The molecule has 7 nitrogen and oxygen atoms in total. The average molecular weight is 612 g/mol. The first-order chi connectivity index (χ1) is 19.9. The number of halogens is 3. The van der Waals surface area contributed by atoms with Gasteiger partial charge in [0, 0.05) is 41.2 Å². The van der Waals surface area contributed by atoms with Gasteiger partial charge >= 0.3 is 6.09 Å². The van der Waals surface area contributed by atoms with E-state index >= 15 is 0 Å². The predicted molar refractivity (Wildman–Crippen MR) is 164 cm³/mol. The number of fused-ring (bicyclic) bond motifs is 2. The molecule has 2 aliphatic heterocycles. The number of ether oxygens (including phenoxy) is 1. The number of hydrogen-bond acceptors (Lipinski definition) is 5. The maximum atomic E-state index is 14.8. The van der Waals surface area contributed by atoms with Crippen molar-refractivity contribution < 1.29 is 18.7 Å². The Bertz CT molecular complexity index is 1570. The van der Waals surface area contributed by atoms with Crippen molar-refractivity contribution in [2.75, 3.05) is 18.4 Å². The van der Waals surface area contributed by atoms with Crippen molar-refractivity contribution in [3.63, 3.8) is 0 Å². The van der Waals surface area contributed by atoms with Crippen LogP contribution < -0.4 is 16.0 Å². The molecule has 3 N–H and O–H groups in total. The van der Waals surface area contributed by atoms with E-state index in [-0.39, 0.29) is 12.5 Å². The molecule has 0 aliphatic carbocycles. The zero-order valence-electron chi connectivity index (χ0n) is 23.9. The second kappa shape index (κ2) is 11.6. The molecule has 3 atom stereocenters. The van der Waals surface area contributed by atoms with Crippen LogP contribution in [0.2, 0.25) is 10.0 Å². The number of carbonyl (C=O) groups is 2. The van der Waals surface area contributed by atoms with E-state index in [2.05, 4.69) is 16.0 Å². The van der Waals surface area contributed by atoms with E-state index in [1.165, 1.54) is 12.1 Å². The van der Waals surface area contributed by atoms with E-state index < -0.39 is 34.9 Å². The number of amides is 2. The smallest absolute Gasteiger partial charge is 0.407 e. The summed E-state index contributed by atoms with van der Waals surface area (Å²) in [5.74, 6) is -0.463. The summed E-state index contributed by atoms with van der Waals surface area (Å²) in [5.41, 5.74) is 1.77. The van der Waals surface area contributed by atoms with Gasteiger partial charge < -0.3 is 20.7 Å². The summed E-state index contributed by atoms with van der Waals surface area (Å²) in [6.45, 7) is 7.93. The number of rotatable bonds is 5. The summed E-state index contributed by atoms with van der Waals surface area (Å²) >= 11 is 12.8. The third kappa shape index (κ3) is 5.83. The van der Waals surface area contributed by atoms with Gasteiger partial charge in [-0.25, -0.2) is 9.18 Å². The van der Waals surface area contributed by atoms with Crippen molar-refractivity contribution in [1.82, 2.24) is 10.6 Å². The fourth-order valence-electron chi connectivity index (χ4n) is 5.93. The Kier molecular flexibility index (Phi) is 8.23. The van der Waals surface area contributed by atoms with Gasteiger partial charge in [0.05, 0.1) is 11.9 Å². The molecule has 0 radical (unpaired) electrons. The fourth-order valence-corrected chi connectivity index (χ4v) is 6.30. The Hall–Kier alpha value is -3.62. The summed E-state index contributed by atoms with van der Waals surface area (Å²) < 4.78 is 20.1. The number of alkyl carbamates (subject to hydrolysis) is 1. The van der Waals surface area contributed by atoms with Crippen LogP contribution in [0.1, 0.15) is 61.4 Å². The molecule has 2 heterocycles. The van der Waals surface area contributed by atoms with E-state index in [1.807, 2.05) is 31.2 Å². The fraction of sp³-hybridized carbons (Fsp3) is 0.344. The lowest BCUT2D eigenvalue weighted by Gasteiger charge is -2.45. The molecule has 0 aromatic heterocycles.